The Morgan fingerprint density at radius 2 is 1.56 bits per heavy atom. The number of rotatable bonds is 11. The zero-order valence-corrected chi connectivity index (χ0v) is 17.0. The van der Waals surface area contributed by atoms with E-state index in [1.54, 1.807) is 0 Å². The van der Waals surface area contributed by atoms with Crippen molar-refractivity contribution in [1.29, 1.82) is 0 Å². The maximum atomic E-state index is 9.92. The van der Waals surface area contributed by atoms with Gasteiger partial charge in [-0.15, -0.1) is 0 Å². The predicted octanol–water partition coefficient (Wildman–Crippen LogP) is 2.22. The van der Waals surface area contributed by atoms with E-state index in [9.17, 15) is 15.3 Å². The minimum atomic E-state index is -1.29. The molecule has 5 atom stereocenters. The fourth-order valence-corrected chi connectivity index (χ4v) is 2.86. The van der Waals surface area contributed by atoms with Crippen molar-refractivity contribution >= 4 is 0 Å². The minimum absolute atomic E-state index is 0.242. The van der Waals surface area contributed by atoms with E-state index in [0.29, 0.717) is 0 Å². The third kappa shape index (κ3) is 8.68. The SMILES string of the molecule is CC(C)=CCC/C(C)=C\CC/C(C)=C/COC1OC(C(O)CO)C(O)C1O. The first-order valence-electron chi connectivity index (χ1n) is 9.63. The molecular formula is C21H36O6. The normalized spacial score (nSPS) is 27.7. The second-order valence-corrected chi connectivity index (χ2v) is 7.49. The predicted molar refractivity (Wildman–Crippen MR) is 105 cm³/mol. The van der Waals surface area contributed by atoms with Crippen molar-refractivity contribution in [1.82, 2.24) is 0 Å². The lowest BCUT2D eigenvalue weighted by Gasteiger charge is -2.18. The average Bonchev–Trinajstić information content (AvgIpc) is 2.89. The lowest BCUT2D eigenvalue weighted by Crippen LogP contribution is -2.40. The summed E-state index contributed by atoms with van der Waals surface area (Å²) >= 11 is 0. The molecule has 1 rings (SSSR count). The van der Waals surface area contributed by atoms with Crippen LogP contribution in [0.25, 0.3) is 0 Å². The van der Waals surface area contributed by atoms with Gasteiger partial charge in [-0.25, -0.2) is 0 Å². The summed E-state index contributed by atoms with van der Waals surface area (Å²) in [5.74, 6) is 0. The van der Waals surface area contributed by atoms with Gasteiger partial charge in [0.05, 0.1) is 13.2 Å². The molecule has 1 aliphatic heterocycles. The quantitative estimate of drug-likeness (QED) is 0.408. The van der Waals surface area contributed by atoms with Crippen LogP contribution in [0.15, 0.2) is 34.9 Å². The molecule has 0 aromatic rings. The Morgan fingerprint density at radius 1 is 0.963 bits per heavy atom. The molecule has 0 aliphatic carbocycles. The van der Waals surface area contributed by atoms with Crippen LogP contribution in [-0.2, 0) is 9.47 Å². The second-order valence-electron chi connectivity index (χ2n) is 7.49. The van der Waals surface area contributed by atoms with Crippen LogP contribution < -0.4 is 0 Å². The molecule has 0 radical (unpaired) electrons. The van der Waals surface area contributed by atoms with Gasteiger partial charge >= 0.3 is 0 Å². The summed E-state index contributed by atoms with van der Waals surface area (Å²) in [6.07, 6.45) is 4.60. The van der Waals surface area contributed by atoms with E-state index in [2.05, 4.69) is 32.9 Å². The number of hydrogen-bond donors (Lipinski definition) is 4. The fourth-order valence-electron chi connectivity index (χ4n) is 2.86. The molecule has 6 nitrogen and oxygen atoms in total. The van der Waals surface area contributed by atoms with E-state index in [0.717, 1.165) is 25.7 Å². The van der Waals surface area contributed by atoms with Crippen molar-refractivity contribution in [3.05, 3.63) is 34.9 Å². The third-order valence-electron chi connectivity index (χ3n) is 4.64. The van der Waals surface area contributed by atoms with Crippen LogP contribution in [0.3, 0.4) is 0 Å². The van der Waals surface area contributed by atoms with Crippen molar-refractivity contribution in [3.63, 3.8) is 0 Å². The van der Waals surface area contributed by atoms with Gasteiger partial charge < -0.3 is 29.9 Å². The van der Waals surface area contributed by atoms with Gasteiger partial charge in [0.25, 0.3) is 0 Å². The van der Waals surface area contributed by atoms with E-state index in [4.69, 9.17) is 14.6 Å². The van der Waals surface area contributed by atoms with Crippen molar-refractivity contribution < 1.29 is 29.9 Å². The van der Waals surface area contributed by atoms with Crippen molar-refractivity contribution in [3.8, 4) is 0 Å². The van der Waals surface area contributed by atoms with Crippen molar-refractivity contribution in [2.24, 2.45) is 0 Å². The maximum absolute atomic E-state index is 9.92. The molecule has 0 aromatic carbocycles. The molecule has 0 amide bonds. The molecule has 0 aromatic heterocycles. The highest BCUT2D eigenvalue weighted by atomic mass is 16.7. The molecule has 0 spiro atoms. The van der Waals surface area contributed by atoms with Crippen LogP contribution in [0.4, 0.5) is 0 Å². The summed E-state index contributed by atoms with van der Waals surface area (Å²) in [6, 6.07) is 0. The number of aliphatic hydroxyl groups is 4. The van der Waals surface area contributed by atoms with Gasteiger partial charge in [-0.2, -0.15) is 0 Å². The zero-order valence-electron chi connectivity index (χ0n) is 17.0. The van der Waals surface area contributed by atoms with Gasteiger partial charge in [-0.05, 0) is 53.4 Å². The Hall–Kier alpha value is -1.02. The molecule has 4 N–H and O–H groups in total. The van der Waals surface area contributed by atoms with Gasteiger partial charge in [0.1, 0.15) is 24.4 Å². The average molecular weight is 385 g/mol. The maximum Gasteiger partial charge on any atom is 0.187 e. The van der Waals surface area contributed by atoms with Crippen LogP contribution >= 0.6 is 0 Å². The Balaban J connectivity index is 2.33. The van der Waals surface area contributed by atoms with Gasteiger partial charge in [0.15, 0.2) is 6.29 Å². The van der Waals surface area contributed by atoms with E-state index in [1.165, 1.54) is 16.7 Å². The summed E-state index contributed by atoms with van der Waals surface area (Å²) in [6.45, 7) is 8.09. The second kappa shape index (κ2) is 12.4. The molecule has 1 heterocycles. The standard InChI is InChI=1S/C21H36O6/c1-14(2)7-5-8-15(3)9-6-10-16(4)11-12-26-21-19(25)18(24)20(27-21)17(23)13-22/h7,9,11,17-25H,5-6,8,10,12-13H2,1-4H3/b15-9-,16-11+. The Kier molecular flexibility index (Phi) is 11.1. The summed E-state index contributed by atoms with van der Waals surface area (Å²) in [7, 11) is 0. The van der Waals surface area contributed by atoms with Crippen molar-refractivity contribution in [2.45, 2.75) is 84.1 Å². The summed E-state index contributed by atoms with van der Waals surface area (Å²) in [4.78, 5) is 0. The summed E-state index contributed by atoms with van der Waals surface area (Å²) in [5, 5.41) is 38.3. The first kappa shape index (κ1) is 24.0. The van der Waals surface area contributed by atoms with Crippen LogP contribution in [0.5, 0.6) is 0 Å². The Labute approximate surface area is 162 Å². The molecule has 27 heavy (non-hydrogen) atoms. The summed E-state index contributed by atoms with van der Waals surface area (Å²) in [5.41, 5.74) is 3.91. The van der Waals surface area contributed by atoms with Gasteiger partial charge in [0, 0.05) is 0 Å². The van der Waals surface area contributed by atoms with Crippen LogP contribution in [0.1, 0.15) is 53.4 Å². The molecular weight excluding hydrogens is 348 g/mol. The smallest absolute Gasteiger partial charge is 0.187 e. The van der Waals surface area contributed by atoms with Gasteiger partial charge in [0.2, 0.25) is 0 Å². The lowest BCUT2D eigenvalue weighted by molar-refractivity contribution is -0.175. The monoisotopic (exact) mass is 384 g/mol. The molecule has 1 aliphatic rings. The molecule has 6 heteroatoms. The molecule has 0 saturated carbocycles. The largest absolute Gasteiger partial charge is 0.394 e. The van der Waals surface area contributed by atoms with Gasteiger partial charge in [-0.3, -0.25) is 0 Å². The first-order chi connectivity index (χ1) is 12.8. The highest BCUT2D eigenvalue weighted by Crippen LogP contribution is 2.24. The molecule has 1 fully saturated rings. The molecule has 0 bridgehead atoms. The Bertz CT molecular complexity index is 521. The lowest BCUT2D eigenvalue weighted by atomic mass is 10.1. The number of ether oxygens (including phenoxy) is 2. The molecule has 156 valence electrons. The van der Waals surface area contributed by atoms with E-state index >= 15 is 0 Å². The molecule has 1 saturated heterocycles. The first-order valence-corrected chi connectivity index (χ1v) is 9.63. The topological polar surface area (TPSA) is 99.4 Å². The van der Waals surface area contributed by atoms with E-state index in [1.807, 2.05) is 13.0 Å². The van der Waals surface area contributed by atoms with E-state index in [-0.39, 0.29) is 6.61 Å². The highest BCUT2D eigenvalue weighted by Gasteiger charge is 2.46. The van der Waals surface area contributed by atoms with Crippen LogP contribution in [-0.4, -0.2) is 64.3 Å². The van der Waals surface area contributed by atoms with Crippen LogP contribution in [0.2, 0.25) is 0 Å². The van der Waals surface area contributed by atoms with E-state index < -0.39 is 37.3 Å². The number of hydrogen-bond acceptors (Lipinski definition) is 6. The Morgan fingerprint density at radius 3 is 2.15 bits per heavy atom. The summed E-state index contributed by atoms with van der Waals surface area (Å²) < 4.78 is 10.8. The van der Waals surface area contributed by atoms with Crippen LogP contribution in [0, 0.1) is 0 Å². The van der Waals surface area contributed by atoms with Gasteiger partial charge in [-0.1, -0.05) is 34.9 Å². The highest BCUT2D eigenvalue weighted by molar-refractivity contribution is 5.05. The number of aliphatic hydroxyl groups excluding tert-OH is 4. The zero-order chi connectivity index (χ0) is 20.4. The van der Waals surface area contributed by atoms with Crippen molar-refractivity contribution in [2.75, 3.05) is 13.2 Å². The molecule has 5 unspecified atom stereocenters. The number of allylic oxidation sites excluding steroid dienone is 5. The third-order valence-corrected chi connectivity index (χ3v) is 4.64. The minimum Gasteiger partial charge on any atom is -0.394 e. The fraction of sp³-hybridized carbons (Fsp3) is 0.714.